The number of carbonyl (C=O) groups excluding carboxylic acids is 1. The fourth-order valence-electron chi connectivity index (χ4n) is 3.97. The van der Waals surface area contributed by atoms with E-state index in [0.717, 1.165) is 37.4 Å². The molecule has 0 aliphatic carbocycles. The second kappa shape index (κ2) is 9.62. The molecule has 1 fully saturated rings. The predicted molar refractivity (Wildman–Crippen MR) is 121 cm³/mol. The lowest BCUT2D eigenvalue weighted by Crippen LogP contribution is -2.50. The molecule has 5 nitrogen and oxygen atoms in total. The fourth-order valence-corrected chi connectivity index (χ4v) is 3.97. The van der Waals surface area contributed by atoms with E-state index in [-0.39, 0.29) is 11.7 Å². The first-order valence-corrected chi connectivity index (χ1v) is 10.4. The minimum Gasteiger partial charge on any atom is -0.497 e. The molecule has 1 aliphatic rings. The topological polar surface area (TPSA) is 44.8 Å². The summed E-state index contributed by atoms with van der Waals surface area (Å²) in [4.78, 5) is 17.8. The number of halogens is 1. The first-order valence-electron chi connectivity index (χ1n) is 10.4. The molecule has 1 aliphatic heterocycles. The van der Waals surface area contributed by atoms with Gasteiger partial charge in [0.2, 0.25) is 5.91 Å². The highest BCUT2D eigenvalue weighted by Crippen LogP contribution is 2.27. The highest BCUT2D eigenvalue weighted by atomic mass is 19.1. The van der Waals surface area contributed by atoms with E-state index in [2.05, 4.69) is 15.1 Å². The van der Waals surface area contributed by atoms with Gasteiger partial charge in [0.15, 0.2) is 0 Å². The van der Waals surface area contributed by atoms with Gasteiger partial charge in [-0.1, -0.05) is 36.4 Å². The summed E-state index contributed by atoms with van der Waals surface area (Å²) in [6, 6.07) is 23.4. The molecule has 31 heavy (non-hydrogen) atoms. The molecule has 3 aromatic rings. The van der Waals surface area contributed by atoms with Crippen molar-refractivity contribution in [3.05, 3.63) is 90.2 Å². The number of hydrogen-bond acceptors (Lipinski definition) is 4. The Balaban J connectivity index is 1.50. The number of methoxy groups -OCH3 is 1. The van der Waals surface area contributed by atoms with Gasteiger partial charge in [-0.15, -0.1) is 0 Å². The number of rotatable bonds is 6. The number of nitrogens with one attached hydrogen (secondary N) is 1. The molecule has 6 heteroatoms. The molecular formula is C25H26FN3O2. The zero-order valence-electron chi connectivity index (χ0n) is 17.5. The normalized spacial score (nSPS) is 15.4. The lowest BCUT2D eigenvalue weighted by Gasteiger charge is -2.39. The Kier molecular flexibility index (Phi) is 6.48. The quantitative estimate of drug-likeness (QED) is 0.646. The smallest absolute Gasteiger partial charge is 0.246 e. The standard InChI is InChI=1S/C25H26FN3O2/c1-31-23-9-5-8-21(18-23)27-25(30)24(19-6-3-2-4-7-19)29-16-14-28(15-17-29)22-12-10-20(26)11-13-22/h2-13,18,24H,14-17H2,1H3,(H,27,30). The summed E-state index contributed by atoms with van der Waals surface area (Å²) in [5, 5.41) is 3.05. The van der Waals surface area contributed by atoms with Crippen molar-refractivity contribution in [1.29, 1.82) is 0 Å². The van der Waals surface area contributed by atoms with Crippen molar-refractivity contribution in [2.24, 2.45) is 0 Å². The molecule has 1 atom stereocenters. The zero-order chi connectivity index (χ0) is 21.6. The van der Waals surface area contributed by atoms with Crippen molar-refractivity contribution in [3.8, 4) is 5.75 Å². The van der Waals surface area contributed by atoms with E-state index in [1.54, 1.807) is 19.2 Å². The third kappa shape index (κ3) is 5.03. The van der Waals surface area contributed by atoms with Crippen LogP contribution in [-0.4, -0.2) is 44.1 Å². The molecule has 1 saturated heterocycles. The van der Waals surface area contributed by atoms with E-state index in [4.69, 9.17) is 4.74 Å². The van der Waals surface area contributed by atoms with Gasteiger partial charge in [-0.3, -0.25) is 9.69 Å². The summed E-state index contributed by atoms with van der Waals surface area (Å²) in [5.41, 5.74) is 2.66. The average molecular weight is 420 g/mol. The number of benzene rings is 3. The molecule has 160 valence electrons. The van der Waals surface area contributed by atoms with Crippen LogP contribution in [0.25, 0.3) is 0 Å². The third-order valence-corrected chi connectivity index (χ3v) is 5.57. The molecular weight excluding hydrogens is 393 g/mol. The van der Waals surface area contributed by atoms with Crippen molar-refractivity contribution in [1.82, 2.24) is 4.90 Å². The maximum absolute atomic E-state index is 13.4. The molecule has 0 bridgehead atoms. The van der Waals surface area contributed by atoms with Crippen molar-refractivity contribution in [3.63, 3.8) is 0 Å². The molecule has 1 amide bonds. The van der Waals surface area contributed by atoms with Gasteiger partial charge >= 0.3 is 0 Å². The Morgan fingerprint density at radius 3 is 2.32 bits per heavy atom. The Hall–Kier alpha value is -3.38. The van der Waals surface area contributed by atoms with Crippen LogP contribution in [0.1, 0.15) is 11.6 Å². The van der Waals surface area contributed by atoms with Crippen LogP contribution in [-0.2, 0) is 4.79 Å². The van der Waals surface area contributed by atoms with Crippen molar-refractivity contribution in [2.75, 3.05) is 43.5 Å². The Bertz CT molecular complexity index is 1000. The SMILES string of the molecule is COc1cccc(NC(=O)C(c2ccccc2)N2CCN(c3ccc(F)cc3)CC2)c1. The zero-order valence-corrected chi connectivity index (χ0v) is 17.5. The summed E-state index contributed by atoms with van der Waals surface area (Å²) < 4.78 is 18.5. The van der Waals surface area contributed by atoms with E-state index in [0.29, 0.717) is 11.4 Å². The van der Waals surface area contributed by atoms with Crippen molar-refractivity contribution < 1.29 is 13.9 Å². The predicted octanol–water partition coefficient (Wildman–Crippen LogP) is 4.34. The molecule has 0 spiro atoms. The van der Waals surface area contributed by atoms with Gasteiger partial charge in [0.25, 0.3) is 0 Å². The molecule has 1 heterocycles. The van der Waals surface area contributed by atoms with Crippen LogP contribution in [0.5, 0.6) is 5.75 Å². The summed E-state index contributed by atoms with van der Waals surface area (Å²) in [6.45, 7) is 2.98. The van der Waals surface area contributed by atoms with Crippen LogP contribution in [0.4, 0.5) is 15.8 Å². The van der Waals surface area contributed by atoms with Gasteiger partial charge in [0.05, 0.1) is 7.11 Å². The van der Waals surface area contributed by atoms with Gasteiger partial charge in [-0.2, -0.15) is 0 Å². The number of hydrogen-bond donors (Lipinski definition) is 1. The Morgan fingerprint density at radius 2 is 1.65 bits per heavy atom. The maximum Gasteiger partial charge on any atom is 0.246 e. The number of nitrogens with zero attached hydrogens (tertiary/aromatic N) is 2. The molecule has 1 N–H and O–H groups in total. The first-order chi connectivity index (χ1) is 15.1. The number of amides is 1. The van der Waals surface area contributed by atoms with Crippen LogP contribution in [0.3, 0.4) is 0 Å². The summed E-state index contributed by atoms with van der Waals surface area (Å²) >= 11 is 0. The number of carbonyl (C=O) groups is 1. The van der Waals surface area contributed by atoms with Crippen LogP contribution in [0, 0.1) is 5.82 Å². The summed E-state index contributed by atoms with van der Waals surface area (Å²) in [6.07, 6.45) is 0. The van der Waals surface area contributed by atoms with Gasteiger partial charge in [0.1, 0.15) is 17.6 Å². The van der Waals surface area contributed by atoms with Gasteiger partial charge in [-0.25, -0.2) is 4.39 Å². The highest BCUT2D eigenvalue weighted by Gasteiger charge is 2.30. The van der Waals surface area contributed by atoms with Crippen molar-refractivity contribution >= 4 is 17.3 Å². The molecule has 0 aromatic heterocycles. The minimum atomic E-state index is -0.400. The molecule has 0 saturated carbocycles. The van der Waals surface area contributed by atoms with E-state index in [9.17, 15) is 9.18 Å². The number of piperazine rings is 1. The Labute approximate surface area is 182 Å². The second-order valence-corrected chi connectivity index (χ2v) is 7.53. The summed E-state index contributed by atoms with van der Waals surface area (Å²) in [5.74, 6) is 0.386. The summed E-state index contributed by atoms with van der Waals surface area (Å²) in [7, 11) is 1.61. The lowest BCUT2D eigenvalue weighted by atomic mass is 10.0. The van der Waals surface area contributed by atoms with Gasteiger partial charge < -0.3 is 15.0 Å². The second-order valence-electron chi connectivity index (χ2n) is 7.53. The van der Waals surface area contributed by atoms with E-state index >= 15 is 0 Å². The number of ether oxygens (including phenoxy) is 1. The van der Waals surface area contributed by atoms with E-state index in [1.807, 2.05) is 54.6 Å². The van der Waals surface area contributed by atoms with Crippen LogP contribution < -0.4 is 15.0 Å². The van der Waals surface area contributed by atoms with E-state index in [1.165, 1.54) is 12.1 Å². The number of anilines is 2. The lowest BCUT2D eigenvalue weighted by molar-refractivity contribution is -0.121. The fraction of sp³-hybridized carbons (Fsp3) is 0.240. The van der Waals surface area contributed by atoms with Gasteiger partial charge in [-0.05, 0) is 42.0 Å². The van der Waals surface area contributed by atoms with Crippen LogP contribution in [0.2, 0.25) is 0 Å². The van der Waals surface area contributed by atoms with E-state index < -0.39 is 6.04 Å². The highest BCUT2D eigenvalue weighted by molar-refractivity contribution is 5.95. The molecule has 3 aromatic carbocycles. The first kappa shape index (κ1) is 20.9. The maximum atomic E-state index is 13.4. The van der Waals surface area contributed by atoms with Gasteiger partial charge in [0, 0.05) is 43.6 Å². The van der Waals surface area contributed by atoms with Crippen LogP contribution >= 0.6 is 0 Å². The third-order valence-electron chi connectivity index (χ3n) is 5.57. The monoisotopic (exact) mass is 419 g/mol. The minimum absolute atomic E-state index is 0.0744. The molecule has 1 unspecified atom stereocenters. The van der Waals surface area contributed by atoms with Crippen LogP contribution in [0.15, 0.2) is 78.9 Å². The average Bonchev–Trinajstić information content (AvgIpc) is 2.81. The van der Waals surface area contributed by atoms with Crippen molar-refractivity contribution in [2.45, 2.75) is 6.04 Å². The largest absolute Gasteiger partial charge is 0.497 e. The molecule has 4 rings (SSSR count). The molecule has 0 radical (unpaired) electrons. The Morgan fingerprint density at radius 1 is 0.935 bits per heavy atom.